The molecule has 13 heteroatoms. The van der Waals surface area contributed by atoms with Gasteiger partial charge in [-0.1, -0.05) is 59.6 Å². The highest BCUT2D eigenvalue weighted by atomic mass is 35.5. The first kappa shape index (κ1) is 34.0. The van der Waals surface area contributed by atoms with Crippen molar-refractivity contribution in [2.75, 3.05) is 30.6 Å². The number of carbonyl (C=O) groups is 2. The maximum atomic E-state index is 14.5. The molecule has 1 heterocycles. The van der Waals surface area contributed by atoms with Crippen LogP contribution in [0.1, 0.15) is 18.1 Å². The zero-order valence-electron chi connectivity index (χ0n) is 25.4. The molecule has 5 rings (SSSR count). The van der Waals surface area contributed by atoms with E-state index in [4.69, 9.17) is 32.7 Å². The largest absolute Gasteiger partial charge is 0.486 e. The van der Waals surface area contributed by atoms with Gasteiger partial charge in [-0.25, -0.2) is 12.8 Å². The number of nitrogens with one attached hydrogen (secondary N) is 1. The van der Waals surface area contributed by atoms with Gasteiger partial charge in [-0.2, -0.15) is 0 Å². The highest BCUT2D eigenvalue weighted by Crippen LogP contribution is 2.34. The zero-order valence-corrected chi connectivity index (χ0v) is 27.7. The van der Waals surface area contributed by atoms with Gasteiger partial charge in [0.2, 0.25) is 11.8 Å². The van der Waals surface area contributed by atoms with Gasteiger partial charge in [0.25, 0.3) is 10.0 Å². The second-order valence-electron chi connectivity index (χ2n) is 10.7. The van der Waals surface area contributed by atoms with Crippen LogP contribution in [0.15, 0.2) is 95.9 Å². The summed E-state index contributed by atoms with van der Waals surface area (Å²) in [4.78, 5) is 29.2. The molecule has 0 bridgehead atoms. The van der Waals surface area contributed by atoms with E-state index < -0.39 is 40.2 Å². The Hall–Kier alpha value is -4.32. The minimum atomic E-state index is -4.45. The molecule has 0 fully saturated rings. The van der Waals surface area contributed by atoms with Gasteiger partial charge in [0.05, 0.1) is 10.6 Å². The van der Waals surface area contributed by atoms with E-state index >= 15 is 0 Å². The highest BCUT2D eigenvalue weighted by molar-refractivity contribution is 7.92. The highest BCUT2D eigenvalue weighted by Gasteiger charge is 2.35. The van der Waals surface area contributed by atoms with Crippen molar-refractivity contribution < 1.29 is 31.9 Å². The van der Waals surface area contributed by atoms with Crippen molar-refractivity contribution in [1.82, 2.24) is 10.2 Å². The van der Waals surface area contributed by atoms with Crippen LogP contribution in [0.4, 0.5) is 10.1 Å². The molecular weight excluding hydrogens is 668 g/mol. The normalized spacial score (nSPS) is 13.0. The van der Waals surface area contributed by atoms with Crippen LogP contribution in [-0.2, 0) is 32.6 Å². The van der Waals surface area contributed by atoms with Gasteiger partial charge >= 0.3 is 0 Å². The second-order valence-corrected chi connectivity index (χ2v) is 13.4. The molecule has 246 valence electrons. The van der Waals surface area contributed by atoms with Crippen molar-refractivity contribution in [2.24, 2.45) is 0 Å². The monoisotopic (exact) mass is 699 g/mol. The maximum absolute atomic E-state index is 14.5. The third kappa shape index (κ3) is 8.16. The average Bonchev–Trinajstić information content (AvgIpc) is 3.06. The summed E-state index contributed by atoms with van der Waals surface area (Å²) in [5.74, 6) is -1.10. The first-order chi connectivity index (χ1) is 22.6. The molecule has 2 amide bonds. The second kappa shape index (κ2) is 15.1. The predicted molar refractivity (Wildman–Crippen MR) is 178 cm³/mol. The van der Waals surface area contributed by atoms with Crippen LogP contribution in [0.3, 0.4) is 0 Å². The van der Waals surface area contributed by atoms with Crippen LogP contribution in [0.2, 0.25) is 10.0 Å². The quantitative estimate of drug-likeness (QED) is 0.198. The van der Waals surface area contributed by atoms with Crippen molar-refractivity contribution in [2.45, 2.75) is 30.8 Å². The summed E-state index contributed by atoms with van der Waals surface area (Å²) in [5, 5.41) is 3.45. The fourth-order valence-electron chi connectivity index (χ4n) is 5.13. The van der Waals surface area contributed by atoms with Crippen LogP contribution in [-0.4, -0.2) is 57.5 Å². The third-order valence-corrected chi connectivity index (χ3v) is 9.83. The number of nitrogens with zero attached hydrogens (tertiary/aromatic N) is 2. The third-order valence-electron chi connectivity index (χ3n) is 7.47. The number of ether oxygens (including phenoxy) is 2. The van der Waals surface area contributed by atoms with Gasteiger partial charge in [-0.3, -0.25) is 13.9 Å². The van der Waals surface area contributed by atoms with Gasteiger partial charge in [0.1, 0.15) is 31.6 Å². The van der Waals surface area contributed by atoms with Crippen LogP contribution < -0.4 is 19.1 Å². The summed E-state index contributed by atoms with van der Waals surface area (Å²) in [6, 6.07) is 21.8. The maximum Gasteiger partial charge on any atom is 0.264 e. The number of hydrogen-bond donors (Lipinski definition) is 1. The molecule has 1 aliphatic rings. The Morgan fingerprint density at radius 3 is 2.30 bits per heavy atom. The van der Waals surface area contributed by atoms with E-state index in [9.17, 15) is 22.4 Å². The van der Waals surface area contributed by atoms with Crippen molar-refractivity contribution in [3.05, 3.63) is 118 Å². The lowest BCUT2D eigenvalue weighted by atomic mass is 10.0. The van der Waals surface area contributed by atoms with Crippen molar-refractivity contribution >= 4 is 50.7 Å². The molecule has 0 aliphatic carbocycles. The lowest BCUT2D eigenvalue weighted by Gasteiger charge is -2.34. The van der Waals surface area contributed by atoms with E-state index in [1.807, 2.05) is 30.3 Å². The number of fused-ring (bicyclic) bond motifs is 1. The van der Waals surface area contributed by atoms with Gasteiger partial charge < -0.3 is 19.7 Å². The number of hydrogen-bond acceptors (Lipinski definition) is 6. The first-order valence-electron chi connectivity index (χ1n) is 14.8. The summed E-state index contributed by atoms with van der Waals surface area (Å²) < 4.78 is 54.5. The lowest BCUT2D eigenvalue weighted by Crippen LogP contribution is -2.53. The fourth-order valence-corrected chi connectivity index (χ4v) is 7.03. The van der Waals surface area contributed by atoms with Crippen LogP contribution in [0.25, 0.3) is 0 Å². The number of anilines is 1. The minimum absolute atomic E-state index is 0.0386. The summed E-state index contributed by atoms with van der Waals surface area (Å²) in [6.07, 6.45) is 0.134. The Morgan fingerprint density at radius 1 is 0.915 bits per heavy atom. The number of rotatable bonds is 12. The molecule has 4 aromatic rings. The van der Waals surface area contributed by atoms with Crippen LogP contribution >= 0.6 is 23.2 Å². The van der Waals surface area contributed by atoms with Crippen molar-refractivity contribution in [3.63, 3.8) is 0 Å². The molecule has 1 N–H and O–H groups in total. The summed E-state index contributed by atoms with van der Waals surface area (Å²) >= 11 is 12.7. The molecule has 1 aliphatic heterocycles. The van der Waals surface area contributed by atoms with Crippen LogP contribution in [0, 0.1) is 5.82 Å². The summed E-state index contributed by atoms with van der Waals surface area (Å²) in [5.41, 5.74) is 1.31. The zero-order chi connectivity index (χ0) is 33.6. The fraction of sp³-hybridized carbons (Fsp3) is 0.235. The Balaban J connectivity index is 1.58. The smallest absolute Gasteiger partial charge is 0.264 e. The predicted octanol–water partition coefficient (Wildman–Crippen LogP) is 5.88. The molecule has 1 atom stereocenters. The SMILES string of the molecule is CCNC(=O)C(Cc1ccccc1)N(Cc1ccc(Cl)cc1Cl)C(=O)CN(c1ccc(F)cc1)S(=O)(=O)c1ccc2c(c1)OCCO2. The molecule has 9 nitrogen and oxygen atoms in total. The van der Waals surface area contributed by atoms with E-state index in [0.29, 0.717) is 29.5 Å². The molecule has 1 unspecified atom stereocenters. The first-order valence-corrected chi connectivity index (χ1v) is 17.0. The summed E-state index contributed by atoms with van der Waals surface area (Å²) in [7, 11) is -4.45. The van der Waals surface area contributed by atoms with E-state index in [1.165, 1.54) is 41.3 Å². The number of carbonyl (C=O) groups excluding carboxylic acids is 2. The molecule has 0 radical (unpaired) electrons. The molecule has 0 saturated heterocycles. The number of sulfonamides is 1. The minimum Gasteiger partial charge on any atom is -0.486 e. The number of halogens is 3. The number of likely N-dealkylation sites (N-methyl/N-ethyl adjacent to an activating group) is 1. The Bertz CT molecular complexity index is 1840. The average molecular weight is 701 g/mol. The topological polar surface area (TPSA) is 105 Å². The standard InChI is InChI=1S/C34H32Cl2FN3O6S/c1-2-38-34(42)30(18-23-6-4-3-5-7-23)39(21-24-8-9-25(35)19-29(24)36)33(41)22-40(27-12-10-26(37)11-13-27)47(43,44)28-14-15-31-32(20-28)46-17-16-45-31/h3-15,19-20,30H,2,16-18,21-22H2,1H3,(H,38,42). The molecule has 0 spiro atoms. The number of amides is 2. The van der Waals surface area contributed by atoms with E-state index in [1.54, 1.807) is 19.1 Å². The number of benzene rings is 4. The van der Waals surface area contributed by atoms with Crippen molar-refractivity contribution in [1.29, 1.82) is 0 Å². The van der Waals surface area contributed by atoms with Gasteiger partial charge in [0.15, 0.2) is 11.5 Å². The van der Waals surface area contributed by atoms with Gasteiger partial charge in [0, 0.05) is 35.6 Å². The van der Waals surface area contributed by atoms with Gasteiger partial charge in [-0.15, -0.1) is 0 Å². The summed E-state index contributed by atoms with van der Waals surface area (Å²) in [6.45, 7) is 1.76. The van der Waals surface area contributed by atoms with Gasteiger partial charge in [-0.05, 0) is 66.6 Å². The molecule has 47 heavy (non-hydrogen) atoms. The van der Waals surface area contributed by atoms with E-state index in [0.717, 1.165) is 22.0 Å². The Labute approximate surface area is 282 Å². The van der Waals surface area contributed by atoms with E-state index in [-0.39, 0.29) is 40.9 Å². The van der Waals surface area contributed by atoms with Crippen LogP contribution in [0.5, 0.6) is 11.5 Å². The molecule has 4 aromatic carbocycles. The lowest BCUT2D eigenvalue weighted by molar-refractivity contribution is -0.140. The molecule has 0 aromatic heterocycles. The molecular formula is C34H32Cl2FN3O6S. The Morgan fingerprint density at radius 2 is 1.62 bits per heavy atom. The molecule has 0 saturated carbocycles. The van der Waals surface area contributed by atoms with E-state index in [2.05, 4.69) is 5.32 Å². The van der Waals surface area contributed by atoms with Crippen molar-refractivity contribution in [3.8, 4) is 11.5 Å². The Kier molecular flexibility index (Phi) is 10.9.